The van der Waals surface area contributed by atoms with E-state index in [1.54, 1.807) is 29.5 Å². The molecule has 6 nitrogen and oxygen atoms in total. The van der Waals surface area contributed by atoms with Crippen molar-refractivity contribution in [3.05, 3.63) is 43.8 Å². The van der Waals surface area contributed by atoms with Gasteiger partial charge in [-0.2, -0.15) is 0 Å². The average molecular weight is 559 g/mol. The van der Waals surface area contributed by atoms with Crippen molar-refractivity contribution < 1.29 is 9.84 Å². The molecule has 1 atom stereocenters. The number of nitrogens with one attached hydrogen (secondary N) is 2. The molecule has 1 unspecified atom stereocenters. The molecule has 0 spiro atoms. The monoisotopic (exact) mass is 558 g/mol. The highest BCUT2D eigenvalue weighted by atomic mass is 127. The summed E-state index contributed by atoms with van der Waals surface area (Å²) < 4.78 is 5.55. The fourth-order valence-electron chi connectivity index (χ4n) is 2.27. The first kappa shape index (κ1) is 25.2. The highest BCUT2D eigenvalue weighted by molar-refractivity contribution is 14.0. The molecule has 0 amide bonds. The molecule has 0 radical (unpaired) electrons. The van der Waals surface area contributed by atoms with Crippen LogP contribution in [-0.2, 0) is 6.54 Å². The van der Waals surface area contributed by atoms with E-state index < -0.39 is 6.10 Å². The number of aliphatic hydroxyl groups excluding tert-OH is 1. The molecule has 28 heavy (non-hydrogen) atoms. The van der Waals surface area contributed by atoms with Crippen molar-refractivity contribution in [2.24, 2.45) is 4.99 Å². The van der Waals surface area contributed by atoms with Crippen molar-refractivity contribution in [1.29, 1.82) is 0 Å². The van der Waals surface area contributed by atoms with E-state index in [4.69, 9.17) is 27.9 Å². The molecule has 1 heterocycles. The summed E-state index contributed by atoms with van der Waals surface area (Å²) in [5, 5.41) is 18.2. The van der Waals surface area contributed by atoms with Gasteiger partial charge in [0.1, 0.15) is 23.5 Å². The van der Waals surface area contributed by atoms with E-state index in [1.165, 1.54) is 0 Å². The third-order valence-corrected chi connectivity index (χ3v) is 5.44. The molecular formula is C18H25Cl2IN4O2S. The summed E-state index contributed by atoms with van der Waals surface area (Å²) in [6.07, 6.45) is -0.740. The zero-order valence-corrected chi connectivity index (χ0v) is 20.6. The number of aryl methyl sites for hydroxylation is 2. The SMILES string of the molecule is CCNC(=NCc1sc(C)nc1C)NCC(O)COc1cccc(Cl)c1Cl.I. The molecule has 2 aromatic rings. The lowest BCUT2D eigenvalue weighted by Gasteiger charge is -2.16. The maximum Gasteiger partial charge on any atom is 0.191 e. The second kappa shape index (κ2) is 12.7. The number of nitrogens with zero attached hydrogens (tertiary/aromatic N) is 2. The van der Waals surface area contributed by atoms with E-state index in [2.05, 4.69) is 20.6 Å². The van der Waals surface area contributed by atoms with Gasteiger partial charge in [0.25, 0.3) is 0 Å². The molecule has 156 valence electrons. The van der Waals surface area contributed by atoms with Crippen LogP contribution in [0.15, 0.2) is 23.2 Å². The normalized spacial score (nSPS) is 12.3. The predicted molar refractivity (Wildman–Crippen MR) is 128 cm³/mol. The number of halogens is 3. The summed E-state index contributed by atoms with van der Waals surface area (Å²) >= 11 is 13.7. The lowest BCUT2D eigenvalue weighted by atomic mass is 10.3. The molecule has 2 rings (SSSR count). The average Bonchev–Trinajstić information content (AvgIpc) is 2.96. The number of aromatic nitrogens is 1. The molecule has 3 N–H and O–H groups in total. The second-order valence-electron chi connectivity index (χ2n) is 5.83. The van der Waals surface area contributed by atoms with E-state index in [1.807, 2.05) is 20.8 Å². The fraction of sp³-hybridized carbons (Fsp3) is 0.444. The summed E-state index contributed by atoms with van der Waals surface area (Å²) in [6, 6.07) is 5.13. The van der Waals surface area contributed by atoms with Gasteiger partial charge in [-0.15, -0.1) is 35.3 Å². The molecule has 0 aliphatic carbocycles. The minimum absolute atomic E-state index is 0. The maximum atomic E-state index is 10.2. The Kier molecular flexibility index (Phi) is 11.4. The standard InChI is InChI=1S/C18H24Cl2N4O2S.HI/c1-4-21-18(23-9-16-11(2)24-12(3)27-16)22-8-13(25)10-26-15-7-5-6-14(19)17(15)20;/h5-7,13,25H,4,8-10H2,1-3H3,(H2,21,22,23);1H. The highest BCUT2D eigenvalue weighted by Gasteiger charge is 2.11. The smallest absolute Gasteiger partial charge is 0.191 e. The number of aliphatic hydroxyl groups is 1. The van der Waals surface area contributed by atoms with Crippen molar-refractivity contribution in [2.75, 3.05) is 19.7 Å². The van der Waals surface area contributed by atoms with Crippen LogP contribution in [-0.4, -0.2) is 41.9 Å². The molecule has 0 fully saturated rings. The Morgan fingerprint density at radius 2 is 2.07 bits per heavy atom. The van der Waals surface area contributed by atoms with Gasteiger partial charge in [-0.1, -0.05) is 29.3 Å². The van der Waals surface area contributed by atoms with Crippen molar-refractivity contribution in [2.45, 2.75) is 33.4 Å². The van der Waals surface area contributed by atoms with Gasteiger partial charge < -0.3 is 20.5 Å². The van der Waals surface area contributed by atoms with Crippen molar-refractivity contribution >= 4 is 64.5 Å². The van der Waals surface area contributed by atoms with Gasteiger partial charge in [0.05, 0.1) is 22.3 Å². The Hall–Kier alpha value is -0.810. The summed E-state index contributed by atoms with van der Waals surface area (Å²) in [5.74, 6) is 1.07. The minimum Gasteiger partial charge on any atom is -0.489 e. The number of benzene rings is 1. The summed E-state index contributed by atoms with van der Waals surface area (Å²) in [4.78, 5) is 10.1. The highest BCUT2D eigenvalue weighted by Crippen LogP contribution is 2.31. The van der Waals surface area contributed by atoms with Gasteiger partial charge in [0.15, 0.2) is 5.96 Å². The summed E-state index contributed by atoms with van der Waals surface area (Å²) in [5.41, 5.74) is 1.00. The number of hydrogen-bond acceptors (Lipinski definition) is 5. The Bertz CT molecular complexity index is 789. The molecule has 0 saturated heterocycles. The van der Waals surface area contributed by atoms with E-state index in [0.717, 1.165) is 22.1 Å². The number of ether oxygens (including phenoxy) is 1. The van der Waals surface area contributed by atoms with E-state index in [-0.39, 0.29) is 37.1 Å². The lowest BCUT2D eigenvalue weighted by Crippen LogP contribution is -2.42. The zero-order chi connectivity index (χ0) is 19.8. The first-order valence-electron chi connectivity index (χ1n) is 8.60. The third-order valence-electron chi connectivity index (χ3n) is 3.58. The quantitative estimate of drug-likeness (QED) is 0.257. The van der Waals surface area contributed by atoms with Crippen LogP contribution in [0.1, 0.15) is 22.5 Å². The number of rotatable bonds is 8. The number of thiazole rings is 1. The second-order valence-corrected chi connectivity index (χ2v) is 7.91. The molecule has 0 saturated carbocycles. The van der Waals surface area contributed by atoms with Gasteiger partial charge >= 0.3 is 0 Å². The number of hydrogen-bond donors (Lipinski definition) is 3. The number of aliphatic imine (C=N–C) groups is 1. The van der Waals surface area contributed by atoms with Crippen LogP contribution < -0.4 is 15.4 Å². The van der Waals surface area contributed by atoms with Crippen molar-refractivity contribution in [3.8, 4) is 5.75 Å². The van der Waals surface area contributed by atoms with Crippen LogP contribution in [0.4, 0.5) is 0 Å². The van der Waals surface area contributed by atoms with Gasteiger partial charge in [0.2, 0.25) is 0 Å². The third kappa shape index (κ3) is 7.90. The summed E-state index contributed by atoms with van der Waals surface area (Å²) in [6.45, 7) is 7.58. The molecule has 1 aromatic carbocycles. The first-order chi connectivity index (χ1) is 12.9. The van der Waals surface area contributed by atoms with Crippen LogP contribution in [0.3, 0.4) is 0 Å². The zero-order valence-electron chi connectivity index (χ0n) is 16.0. The van der Waals surface area contributed by atoms with Crippen LogP contribution in [0.5, 0.6) is 5.75 Å². The largest absolute Gasteiger partial charge is 0.489 e. The van der Waals surface area contributed by atoms with E-state index in [0.29, 0.717) is 28.3 Å². The molecule has 0 bridgehead atoms. The van der Waals surface area contributed by atoms with Crippen LogP contribution >= 0.6 is 58.5 Å². The Morgan fingerprint density at radius 3 is 2.71 bits per heavy atom. The van der Waals surface area contributed by atoms with Crippen LogP contribution in [0.25, 0.3) is 0 Å². The first-order valence-corrected chi connectivity index (χ1v) is 10.2. The fourth-order valence-corrected chi connectivity index (χ4v) is 3.48. The maximum absolute atomic E-state index is 10.2. The van der Waals surface area contributed by atoms with Crippen LogP contribution in [0, 0.1) is 13.8 Å². The van der Waals surface area contributed by atoms with Crippen molar-refractivity contribution in [3.63, 3.8) is 0 Å². The molecule has 1 aromatic heterocycles. The molecule has 10 heteroatoms. The van der Waals surface area contributed by atoms with Gasteiger partial charge in [0, 0.05) is 18.0 Å². The van der Waals surface area contributed by atoms with Gasteiger partial charge in [-0.05, 0) is 32.9 Å². The van der Waals surface area contributed by atoms with Crippen molar-refractivity contribution in [1.82, 2.24) is 15.6 Å². The Balaban J connectivity index is 0.00000392. The lowest BCUT2D eigenvalue weighted by molar-refractivity contribution is 0.110. The minimum atomic E-state index is -0.740. The molecule has 0 aliphatic rings. The number of guanidine groups is 1. The van der Waals surface area contributed by atoms with Gasteiger partial charge in [-0.3, -0.25) is 0 Å². The molecular weight excluding hydrogens is 534 g/mol. The topological polar surface area (TPSA) is 78.8 Å². The predicted octanol–water partition coefficient (Wildman–Crippen LogP) is 4.18. The molecule has 0 aliphatic heterocycles. The Morgan fingerprint density at radius 1 is 1.32 bits per heavy atom. The van der Waals surface area contributed by atoms with E-state index >= 15 is 0 Å². The van der Waals surface area contributed by atoms with E-state index in [9.17, 15) is 5.11 Å². The van der Waals surface area contributed by atoms with Crippen LogP contribution in [0.2, 0.25) is 10.0 Å². The summed E-state index contributed by atoms with van der Waals surface area (Å²) in [7, 11) is 0. The Labute approximate surface area is 196 Å². The van der Waals surface area contributed by atoms with Gasteiger partial charge in [-0.25, -0.2) is 9.98 Å².